The monoisotopic (exact) mass is 347 g/mol. The molecule has 1 unspecified atom stereocenters. The van der Waals surface area contributed by atoms with Crippen LogP contribution >= 0.6 is 11.3 Å². The average Bonchev–Trinajstić information content (AvgIpc) is 3.24. The minimum absolute atomic E-state index is 0.0379. The number of thiophene rings is 1. The summed E-state index contributed by atoms with van der Waals surface area (Å²) >= 11 is 1.31. The summed E-state index contributed by atoms with van der Waals surface area (Å²) < 4.78 is 5.08. The molecule has 2 aromatic heterocycles. The van der Waals surface area contributed by atoms with E-state index in [1.54, 1.807) is 12.1 Å². The van der Waals surface area contributed by atoms with Gasteiger partial charge in [-0.15, -0.1) is 11.3 Å². The molecule has 1 saturated heterocycles. The van der Waals surface area contributed by atoms with E-state index in [1.165, 1.54) is 17.6 Å². The molecule has 1 fully saturated rings. The van der Waals surface area contributed by atoms with E-state index in [-0.39, 0.29) is 17.6 Å². The van der Waals surface area contributed by atoms with Gasteiger partial charge in [0, 0.05) is 19.1 Å². The maximum absolute atomic E-state index is 12.8. The molecule has 3 heterocycles. The van der Waals surface area contributed by atoms with Crippen molar-refractivity contribution in [1.29, 1.82) is 0 Å². The lowest BCUT2D eigenvalue weighted by atomic mass is 10.1. The summed E-state index contributed by atoms with van der Waals surface area (Å²) in [5.41, 5.74) is 0.881. The summed E-state index contributed by atoms with van der Waals surface area (Å²) in [5, 5.41) is 6.68. The Balaban J connectivity index is 1.71. The van der Waals surface area contributed by atoms with Crippen LogP contribution in [0.2, 0.25) is 0 Å². The van der Waals surface area contributed by atoms with Gasteiger partial charge in [0.05, 0.1) is 16.1 Å². The number of carbonyl (C=O) groups is 2. The zero-order chi connectivity index (χ0) is 17.1. The molecule has 2 aromatic rings. The van der Waals surface area contributed by atoms with E-state index in [2.05, 4.69) is 10.6 Å². The zero-order valence-electron chi connectivity index (χ0n) is 13.8. The smallest absolute Gasteiger partial charge is 0.291 e. The zero-order valence-corrected chi connectivity index (χ0v) is 14.6. The molecule has 24 heavy (non-hydrogen) atoms. The molecule has 0 saturated carbocycles. The van der Waals surface area contributed by atoms with Crippen LogP contribution in [-0.2, 0) is 0 Å². The summed E-state index contributed by atoms with van der Waals surface area (Å²) in [5.74, 6) is -0.0220. The van der Waals surface area contributed by atoms with Crippen LogP contribution in [0.25, 0.3) is 0 Å². The van der Waals surface area contributed by atoms with Crippen LogP contribution in [-0.4, -0.2) is 42.9 Å². The van der Waals surface area contributed by atoms with Gasteiger partial charge in [-0.05, 0) is 50.6 Å². The maximum Gasteiger partial charge on any atom is 0.291 e. The first-order valence-corrected chi connectivity index (χ1v) is 8.82. The highest BCUT2D eigenvalue weighted by Crippen LogP contribution is 2.29. The minimum atomic E-state index is -0.312. The summed E-state index contributed by atoms with van der Waals surface area (Å²) in [6.07, 6.45) is 3.55. The van der Waals surface area contributed by atoms with Crippen LogP contribution < -0.4 is 10.6 Å². The Labute approximate surface area is 144 Å². The molecule has 128 valence electrons. The first-order valence-electron chi connectivity index (χ1n) is 8.00. The third kappa shape index (κ3) is 3.52. The molecule has 0 aromatic carbocycles. The van der Waals surface area contributed by atoms with Gasteiger partial charge < -0.3 is 20.0 Å². The Kier molecular flexibility index (Phi) is 5.01. The number of anilines is 1. The fourth-order valence-electron chi connectivity index (χ4n) is 2.88. The molecule has 7 heteroatoms. The highest BCUT2D eigenvalue weighted by atomic mass is 32.1. The van der Waals surface area contributed by atoms with E-state index in [4.69, 9.17) is 4.42 Å². The normalized spacial score (nSPS) is 17.8. The van der Waals surface area contributed by atoms with Crippen LogP contribution in [0.5, 0.6) is 0 Å². The first-order chi connectivity index (χ1) is 11.6. The van der Waals surface area contributed by atoms with Crippen molar-refractivity contribution < 1.29 is 14.0 Å². The number of nitrogens with zero attached hydrogens (tertiary/aromatic N) is 1. The number of hydrogen-bond donors (Lipinski definition) is 2. The van der Waals surface area contributed by atoms with Gasteiger partial charge in [-0.1, -0.05) is 0 Å². The van der Waals surface area contributed by atoms with E-state index in [9.17, 15) is 9.59 Å². The lowest BCUT2D eigenvalue weighted by molar-refractivity contribution is 0.0702. The van der Waals surface area contributed by atoms with E-state index >= 15 is 0 Å². The van der Waals surface area contributed by atoms with Crippen LogP contribution in [0.4, 0.5) is 5.00 Å². The summed E-state index contributed by atoms with van der Waals surface area (Å²) in [6.45, 7) is 3.40. The van der Waals surface area contributed by atoms with Gasteiger partial charge in [-0.25, -0.2) is 0 Å². The lowest BCUT2D eigenvalue weighted by Crippen LogP contribution is -2.46. The van der Waals surface area contributed by atoms with E-state index in [0.717, 1.165) is 31.5 Å². The van der Waals surface area contributed by atoms with Crippen molar-refractivity contribution in [3.05, 3.63) is 40.7 Å². The third-order valence-electron chi connectivity index (χ3n) is 4.21. The number of carbonyl (C=O) groups excluding carboxylic acids is 2. The number of hydrogen-bond acceptors (Lipinski definition) is 5. The fourth-order valence-corrected chi connectivity index (χ4v) is 3.91. The van der Waals surface area contributed by atoms with Crippen molar-refractivity contribution >= 4 is 28.2 Å². The Morgan fingerprint density at radius 2 is 2.25 bits per heavy atom. The molecular weight excluding hydrogens is 326 g/mol. The molecule has 1 aliphatic rings. The number of piperidine rings is 1. The third-order valence-corrected chi connectivity index (χ3v) is 5.35. The van der Waals surface area contributed by atoms with E-state index < -0.39 is 0 Å². The second-order valence-electron chi connectivity index (χ2n) is 5.93. The van der Waals surface area contributed by atoms with Crippen molar-refractivity contribution in [3.8, 4) is 0 Å². The Hall–Kier alpha value is -2.12. The molecular formula is C17H21N3O3S. The van der Waals surface area contributed by atoms with Crippen LogP contribution in [0.1, 0.15) is 38.6 Å². The number of rotatable bonds is 4. The van der Waals surface area contributed by atoms with Gasteiger partial charge in [-0.3, -0.25) is 9.59 Å². The van der Waals surface area contributed by atoms with Gasteiger partial charge in [0.15, 0.2) is 5.76 Å². The summed E-state index contributed by atoms with van der Waals surface area (Å²) in [4.78, 5) is 27.4. The number of furan rings is 1. The van der Waals surface area contributed by atoms with Gasteiger partial charge >= 0.3 is 0 Å². The molecule has 2 N–H and O–H groups in total. The Morgan fingerprint density at radius 3 is 2.96 bits per heavy atom. The van der Waals surface area contributed by atoms with Crippen molar-refractivity contribution in [1.82, 2.24) is 10.2 Å². The molecule has 0 aliphatic carbocycles. The van der Waals surface area contributed by atoms with Crippen LogP contribution in [0.3, 0.4) is 0 Å². The molecule has 0 bridgehead atoms. The van der Waals surface area contributed by atoms with Gasteiger partial charge in [0.1, 0.15) is 0 Å². The second kappa shape index (κ2) is 7.19. The highest BCUT2D eigenvalue weighted by Gasteiger charge is 2.26. The summed E-state index contributed by atoms with van der Waals surface area (Å²) in [6, 6.07) is 5.45. The Bertz CT molecular complexity index is 724. The number of amides is 2. The number of aryl methyl sites for hydroxylation is 1. The number of nitrogens with one attached hydrogen (secondary N) is 2. The molecule has 0 spiro atoms. The molecule has 1 aliphatic heterocycles. The maximum atomic E-state index is 12.8. The average molecular weight is 347 g/mol. The number of likely N-dealkylation sites (N-methyl/N-ethyl adjacent to an activating group) is 1. The minimum Gasteiger partial charge on any atom is -0.459 e. The predicted molar refractivity (Wildman–Crippen MR) is 93.7 cm³/mol. The van der Waals surface area contributed by atoms with Gasteiger partial charge in [0.2, 0.25) is 0 Å². The SMILES string of the molecule is CNC1CCCN(C(=O)c2sc(NC(=O)c3ccco3)cc2C)C1. The van der Waals surface area contributed by atoms with E-state index in [0.29, 0.717) is 15.9 Å². The van der Waals surface area contributed by atoms with Crippen molar-refractivity contribution in [2.24, 2.45) is 0 Å². The second-order valence-corrected chi connectivity index (χ2v) is 6.99. The highest BCUT2D eigenvalue weighted by molar-refractivity contribution is 7.18. The van der Waals surface area contributed by atoms with E-state index in [1.807, 2.05) is 24.9 Å². The van der Waals surface area contributed by atoms with Crippen LogP contribution in [0, 0.1) is 6.92 Å². The van der Waals surface area contributed by atoms with Crippen molar-refractivity contribution in [3.63, 3.8) is 0 Å². The fraction of sp³-hybridized carbons (Fsp3) is 0.412. The Morgan fingerprint density at radius 1 is 1.42 bits per heavy atom. The van der Waals surface area contributed by atoms with Gasteiger partial charge in [0.25, 0.3) is 11.8 Å². The lowest BCUT2D eigenvalue weighted by Gasteiger charge is -2.32. The van der Waals surface area contributed by atoms with Crippen LogP contribution in [0.15, 0.2) is 28.9 Å². The van der Waals surface area contributed by atoms with Crippen molar-refractivity contribution in [2.45, 2.75) is 25.8 Å². The standard InChI is InChI=1S/C17H21N3O3S/c1-11-9-14(19-16(21)13-6-4-8-23-13)24-15(11)17(22)20-7-3-5-12(10-20)18-2/h4,6,8-9,12,18H,3,5,7,10H2,1-2H3,(H,19,21). The summed E-state index contributed by atoms with van der Waals surface area (Å²) in [7, 11) is 1.93. The number of likely N-dealkylation sites (tertiary alicyclic amines) is 1. The van der Waals surface area contributed by atoms with Crippen molar-refractivity contribution in [2.75, 3.05) is 25.5 Å². The molecule has 1 atom stereocenters. The molecule has 6 nitrogen and oxygen atoms in total. The van der Waals surface area contributed by atoms with Gasteiger partial charge in [-0.2, -0.15) is 0 Å². The molecule has 3 rings (SSSR count). The predicted octanol–water partition coefficient (Wildman–Crippen LogP) is 2.73. The molecule has 0 radical (unpaired) electrons. The largest absolute Gasteiger partial charge is 0.459 e. The quantitative estimate of drug-likeness (QED) is 0.892. The molecule has 2 amide bonds. The topological polar surface area (TPSA) is 74.6 Å². The first kappa shape index (κ1) is 16.7.